The maximum absolute atomic E-state index is 4.33. The van der Waals surface area contributed by atoms with Crippen LogP contribution in [0.1, 0.15) is 29.8 Å². The third kappa shape index (κ3) is 2.16. The smallest absolute Gasteiger partial charge is 0.0951 e. The van der Waals surface area contributed by atoms with E-state index in [1.54, 1.807) is 0 Å². The lowest BCUT2D eigenvalue weighted by Crippen LogP contribution is -2.06. The van der Waals surface area contributed by atoms with Crippen molar-refractivity contribution in [3.05, 3.63) is 53.6 Å². The standard InChI is InChI=1S/C14H18N2/c1-11(14-7-5-4-6-8-14)9-16-10-15-12(2)13(16)3/h4-8,10-11H,9H2,1-3H3. The number of hydrogen-bond donors (Lipinski definition) is 0. The fraction of sp³-hybridized carbons (Fsp3) is 0.357. The summed E-state index contributed by atoms with van der Waals surface area (Å²) in [5, 5.41) is 0. The largest absolute Gasteiger partial charge is 0.334 e. The molecule has 84 valence electrons. The molecule has 0 radical (unpaired) electrons. The first-order valence-electron chi connectivity index (χ1n) is 5.71. The Morgan fingerprint density at radius 2 is 1.88 bits per heavy atom. The van der Waals surface area contributed by atoms with Crippen molar-refractivity contribution in [1.29, 1.82) is 0 Å². The van der Waals surface area contributed by atoms with Gasteiger partial charge in [-0.05, 0) is 25.3 Å². The minimum Gasteiger partial charge on any atom is -0.334 e. The number of imidazole rings is 1. The van der Waals surface area contributed by atoms with Gasteiger partial charge in [0, 0.05) is 12.2 Å². The van der Waals surface area contributed by atoms with Gasteiger partial charge in [-0.1, -0.05) is 37.3 Å². The lowest BCUT2D eigenvalue weighted by atomic mass is 10.0. The highest BCUT2D eigenvalue weighted by molar-refractivity contribution is 5.19. The third-order valence-electron chi connectivity index (χ3n) is 3.18. The van der Waals surface area contributed by atoms with Gasteiger partial charge in [0.2, 0.25) is 0 Å². The Kier molecular flexibility index (Phi) is 3.09. The van der Waals surface area contributed by atoms with Gasteiger partial charge in [-0.25, -0.2) is 4.98 Å². The van der Waals surface area contributed by atoms with Gasteiger partial charge in [-0.15, -0.1) is 0 Å². The molecule has 2 heteroatoms. The summed E-state index contributed by atoms with van der Waals surface area (Å²) < 4.78 is 2.23. The molecule has 0 N–H and O–H groups in total. The van der Waals surface area contributed by atoms with Crippen LogP contribution in [-0.4, -0.2) is 9.55 Å². The molecule has 0 saturated carbocycles. The number of aromatic nitrogens is 2. The van der Waals surface area contributed by atoms with E-state index in [1.165, 1.54) is 11.3 Å². The molecule has 0 saturated heterocycles. The summed E-state index contributed by atoms with van der Waals surface area (Å²) in [5.74, 6) is 0.522. The molecule has 0 amide bonds. The van der Waals surface area contributed by atoms with Crippen LogP contribution in [-0.2, 0) is 6.54 Å². The zero-order valence-corrected chi connectivity index (χ0v) is 10.1. The fourth-order valence-electron chi connectivity index (χ4n) is 1.91. The minimum absolute atomic E-state index is 0.522. The van der Waals surface area contributed by atoms with Crippen LogP contribution in [0.5, 0.6) is 0 Å². The van der Waals surface area contributed by atoms with Crippen molar-refractivity contribution in [1.82, 2.24) is 9.55 Å². The number of rotatable bonds is 3. The highest BCUT2D eigenvalue weighted by Crippen LogP contribution is 2.18. The minimum atomic E-state index is 0.522. The molecule has 2 rings (SSSR count). The van der Waals surface area contributed by atoms with Crippen molar-refractivity contribution in [3.63, 3.8) is 0 Å². The van der Waals surface area contributed by atoms with Gasteiger partial charge >= 0.3 is 0 Å². The summed E-state index contributed by atoms with van der Waals surface area (Å²) in [6, 6.07) is 10.6. The van der Waals surface area contributed by atoms with Crippen molar-refractivity contribution in [2.45, 2.75) is 33.2 Å². The van der Waals surface area contributed by atoms with Crippen LogP contribution in [0.25, 0.3) is 0 Å². The predicted molar refractivity (Wildman–Crippen MR) is 66.6 cm³/mol. The Bertz CT molecular complexity index is 457. The molecule has 1 unspecified atom stereocenters. The molecule has 0 fully saturated rings. The zero-order valence-electron chi connectivity index (χ0n) is 10.1. The van der Waals surface area contributed by atoms with E-state index in [0.717, 1.165) is 12.2 Å². The first-order valence-corrected chi connectivity index (χ1v) is 5.71. The first-order chi connectivity index (χ1) is 7.68. The molecule has 0 aliphatic heterocycles. The van der Waals surface area contributed by atoms with E-state index in [2.05, 4.69) is 60.7 Å². The van der Waals surface area contributed by atoms with Gasteiger partial charge in [0.05, 0.1) is 12.0 Å². The first kappa shape index (κ1) is 10.9. The Morgan fingerprint density at radius 3 is 2.44 bits per heavy atom. The lowest BCUT2D eigenvalue weighted by molar-refractivity contribution is 0.586. The van der Waals surface area contributed by atoms with E-state index in [-0.39, 0.29) is 0 Å². The van der Waals surface area contributed by atoms with Crippen LogP contribution in [0.2, 0.25) is 0 Å². The molecule has 1 aromatic carbocycles. The van der Waals surface area contributed by atoms with Gasteiger partial charge in [0.15, 0.2) is 0 Å². The van der Waals surface area contributed by atoms with Crippen LogP contribution in [0, 0.1) is 13.8 Å². The maximum atomic E-state index is 4.33. The number of nitrogens with zero attached hydrogens (tertiary/aromatic N) is 2. The number of hydrogen-bond acceptors (Lipinski definition) is 1. The molecule has 0 bridgehead atoms. The average Bonchev–Trinajstić information content (AvgIpc) is 2.62. The summed E-state index contributed by atoms with van der Waals surface area (Å²) in [6.45, 7) is 7.43. The normalized spacial score (nSPS) is 12.7. The number of benzene rings is 1. The van der Waals surface area contributed by atoms with Crippen molar-refractivity contribution in [2.24, 2.45) is 0 Å². The fourth-order valence-corrected chi connectivity index (χ4v) is 1.91. The molecule has 16 heavy (non-hydrogen) atoms. The molecule has 1 aromatic heterocycles. The summed E-state index contributed by atoms with van der Waals surface area (Å²) in [5.41, 5.74) is 3.77. The second kappa shape index (κ2) is 4.52. The number of aryl methyl sites for hydroxylation is 1. The van der Waals surface area contributed by atoms with E-state index in [4.69, 9.17) is 0 Å². The van der Waals surface area contributed by atoms with Crippen LogP contribution in [0.3, 0.4) is 0 Å². The van der Waals surface area contributed by atoms with E-state index in [1.807, 2.05) is 6.33 Å². The lowest BCUT2D eigenvalue weighted by Gasteiger charge is -2.13. The van der Waals surface area contributed by atoms with Crippen LogP contribution in [0.15, 0.2) is 36.7 Å². The summed E-state index contributed by atoms with van der Waals surface area (Å²) in [6.07, 6.45) is 1.93. The molecule has 1 atom stereocenters. The molecule has 0 aliphatic carbocycles. The molecular weight excluding hydrogens is 196 g/mol. The van der Waals surface area contributed by atoms with Crippen molar-refractivity contribution < 1.29 is 0 Å². The van der Waals surface area contributed by atoms with E-state index < -0.39 is 0 Å². The van der Waals surface area contributed by atoms with Gasteiger partial charge in [-0.2, -0.15) is 0 Å². The average molecular weight is 214 g/mol. The molecule has 0 spiro atoms. The second-order valence-corrected chi connectivity index (χ2v) is 4.38. The van der Waals surface area contributed by atoms with Crippen molar-refractivity contribution in [3.8, 4) is 0 Å². The van der Waals surface area contributed by atoms with Gasteiger partial charge in [-0.3, -0.25) is 0 Å². The predicted octanol–water partition coefficient (Wildman–Crippen LogP) is 3.30. The van der Waals surface area contributed by atoms with Crippen LogP contribution >= 0.6 is 0 Å². The van der Waals surface area contributed by atoms with Crippen LogP contribution in [0.4, 0.5) is 0 Å². The molecular formula is C14H18N2. The van der Waals surface area contributed by atoms with Crippen molar-refractivity contribution >= 4 is 0 Å². The quantitative estimate of drug-likeness (QED) is 0.766. The van der Waals surface area contributed by atoms with Crippen molar-refractivity contribution in [2.75, 3.05) is 0 Å². The maximum Gasteiger partial charge on any atom is 0.0951 e. The highest BCUT2D eigenvalue weighted by Gasteiger charge is 2.08. The summed E-state index contributed by atoms with van der Waals surface area (Å²) in [4.78, 5) is 4.33. The Hall–Kier alpha value is -1.57. The highest BCUT2D eigenvalue weighted by atomic mass is 15.1. The van der Waals surface area contributed by atoms with E-state index >= 15 is 0 Å². The van der Waals surface area contributed by atoms with Gasteiger partial charge < -0.3 is 4.57 Å². The molecule has 0 aliphatic rings. The molecule has 2 aromatic rings. The van der Waals surface area contributed by atoms with Crippen LogP contribution < -0.4 is 0 Å². The third-order valence-corrected chi connectivity index (χ3v) is 3.18. The second-order valence-electron chi connectivity index (χ2n) is 4.38. The summed E-state index contributed by atoms with van der Waals surface area (Å²) >= 11 is 0. The van der Waals surface area contributed by atoms with Gasteiger partial charge in [0.1, 0.15) is 0 Å². The van der Waals surface area contributed by atoms with Gasteiger partial charge in [0.25, 0.3) is 0 Å². The Morgan fingerprint density at radius 1 is 1.19 bits per heavy atom. The SMILES string of the molecule is Cc1ncn(CC(C)c2ccccc2)c1C. The zero-order chi connectivity index (χ0) is 11.5. The Labute approximate surface area is 97.0 Å². The Balaban J connectivity index is 2.14. The topological polar surface area (TPSA) is 17.8 Å². The monoisotopic (exact) mass is 214 g/mol. The summed E-state index contributed by atoms with van der Waals surface area (Å²) in [7, 11) is 0. The van der Waals surface area contributed by atoms with E-state index in [9.17, 15) is 0 Å². The van der Waals surface area contributed by atoms with E-state index in [0.29, 0.717) is 5.92 Å². The molecule has 2 nitrogen and oxygen atoms in total. The molecule has 1 heterocycles.